The first-order valence-electron chi connectivity index (χ1n) is 5.12. The van der Waals surface area contributed by atoms with Gasteiger partial charge >= 0.3 is 5.97 Å². The van der Waals surface area contributed by atoms with Crippen LogP contribution in [0.3, 0.4) is 0 Å². The fourth-order valence-corrected chi connectivity index (χ4v) is 1.35. The number of ether oxygens (including phenoxy) is 1. The Hall–Kier alpha value is -1.91. The van der Waals surface area contributed by atoms with E-state index >= 15 is 0 Å². The maximum Gasteiger partial charge on any atom is 0.350 e. The number of benzene rings is 1. The Kier molecular flexibility index (Phi) is 4.20. The average molecular weight is 239 g/mol. The van der Waals surface area contributed by atoms with Crippen molar-refractivity contribution in [3.63, 3.8) is 0 Å². The maximum atomic E-state index is 14.0. The lowest BCUT2D eigenvalue weighted by molar-refractivity contribution is -0.318. The van der Waals surface area contributed by atoms with Gasteiger partial charge in [-0.25, -0.2) is 9.18 Å². The third-order valence-corrected chi connectivity index (χ3v) is 2.21. The predicted molar refractivity (Wildman–Crippen MR) is 55.6 cm³/mol. The molecule has 0 bridgehead atoms. The van der Waals surface area contributed by atoms with Crippen LogP contribution in [0, 0.1) is 0 Å². The van der Waals surface area contributed by atoms with Crippen LogP contribution in [0.5, 0.6) is 0 Å². The molecule has 0 aromatic heterocycles. The first-order chi connectivity index (χ1) is 8.00. The van der Waals surface area contributed by atoms with Crippen molar-refractivity contribution in [1.29, 1.82) is 0 Å². The number of carbonyl (C=O) groups excluding carboxylic acids is 2. The number of esters is 1. The highest BCUT2D eigenvalue weighted by Gasteiger charge is 2.42. The molecule has 0 heterocycles. The van der Waals surface area contributed by atoms with E-state index in [2.05, 4.69) is 4.74 Å². The second-order valence-electron chi connectivity index (χ2n) is 3.47. The summed E-state index contributed by atoms with van der Waals surface area (Å²) in [6.07, 6.45) is -0.602. The first-order valence-corrected chi connectivity index (χ1v) is 5.12. The quantitative estimate of drug-likeness (QED) is 0.545. The molecule has 1 aromatic rings. The van der Waals surface area contributed by atoms with Gasteiger partial charge in [0.15, 0.2) is 0 Å². The molecule has 0 N–H and O–H groups in total. The standard InChI is InChI=1S/C12H13FO4/c1-2-17-11(16)12(13,10(14)15)8-9-6-4-3-5-7-9/h3-7H,2,8H2,1H3,(H,14,15)/p-1. The summed E-state index contributed by atoms with van der Waals surface area (Å²) in [4.78, 5) is 22.0. The number of alkyl halides is 1. The molecule has 5 heteroatoms. The number of rotatable bonds is 5. The zero-order valence-electron chi connectivity index (χ0n) is 9.31. The van der Waals surface area contributed by atoms with Crippen molar-refractivity contribution in [3.8, 4) is 0 Å². The summed E-state index contributed by atoms with van der Waals surface area (Å²) >= 11 is 0. The number of carboxylic acids is 1. The summed E-state index contributed by atoms with van der Waals surface area (Å²) < 4.78 is 18.4. The lowest BCUT2D eigenvalue weighted by atomic mass is 9.96. The Morgan fingerprint density at radius 1 is 1.35 bits per heavy atom. The van der Waals surface area contributed by atoms with E-state index in [1.165, 1.54) is 19.1 Å². The Morgan fingerprint density at radius 3 is 2.41 bits per heavy atom. The van der Waals surface area contributed by atoms with Gasteiger partial charge in [-0.15, -0.1) is 0 Å². The van der Waals surface area contributed by atoms with Crippen LogP contribution >= 0.6 is 0 Å². The van der Waals surface area contributed by atoms with Crippen molar-refractivity contribution in [3.05, 3.63) is 35.9 Å². The van der Waals surface area contributed by atoms with Gasteiger partial charge in [-0.3, -0.25) is 0 Å². The molecule has 1 atom stereocenters. The van der Waals surface area contributed by atoms with Crippen LogP contribution in [0.1, 0.15) is 12.5 Å². The van der Waals surface area contributed by atoms with Crippen LogP contribution in [0.4, 0.5) is 4.39 Å². The van der Waals surface area contributed by atoms with Crippen molar-refractivity contribution in [2.75, 3.05) is 6.61 Å². The molecular formula is C12H12FO4-. The number of hydrogen-bond donors (Lipinski definition) is 0. The van der Waals surface area contributed by atoms with Crippen molar-refractivity contribution >= 4 is 11.9 Å². The first kappa shape index (κ1) is 13.2. The monoisotopic (exact) mass is 239 g/mol. The molecule has 0 saturated carbocycles. The van der Waals surface area contributed by atoms with Gasteiger partial charge in [0, 0.05) is 6.42 Å². The van der Waals surface area contributed by atoms with Gasteiger partial charge in [-0.2, -0.15) is 0 Å². The molecule has 0 spiro atoms. The number of hydrogen-bond acceptors (Lipinski definition) is 4. The average Bonchev–Trinajstić information content (AvgIpc) is 2.30. The molecule has 1 rings (SSSR count). The second kappa shape index (κ2) is 5.43. The number of carboxylic acid groups (broad SMARTS) is 1. The number of halogens is 1. The van der Waals surface area contributed by atoms with Gasteiger partial charge in [-0.1, -0.05) is 30.3 Å². The molecule has 0 aliphatic carbocycles. The van der Waals surface area contributed by atoms with E-state index < -0.39 is 24.0 Å². The number of aliphatic carboxylic acids is 1. The third-order valence-electron chi connectivity index (χ3n) is 2.21. The van der Waals surface area contributed by atoms with Gasteiger partial charge in [0.2, 0.25) is 5.67 Å². The molecule has 0 aliphatic heterocycles. The summed E-state index contributed by atoms with van der Waals surface area (Å²) in [6.45, 7) is 1.38. The third kappa shape index (κ3) is 3.03. The molecule has 4 nitrogen and oxygen atoms in total. The molecule has 0 fully saturated rings. The fraction of sp³-hybridized carbons (Fsp3) is 0.333. The second-order valence-corrected chi connectivity index (χ2v) is 3.47. The fourth-order valence-electron chi connectivity index (χ4n) is 1.35. The molecule has 92 valence electrons. The van der Waals surface area contributed by atoms with Crippen molar-refractivity contribution in [2.24, 2.45) is 0 Å². The van der Waals surface area contributed by atoms with Crippen LogP contribution in [0.15, 0.2) is 30.3 Å². The zero-order chi connectivity index (χ0) is 12.9. The van der Waals surface area contributed by atoms with E-state index in [9.17, 15) is 19.1 Å². The largest absolute Gasteiger partial charge is 0.546 e. The summed E-state index contributed by atoms with van der Waals surface area (Å²) in [7, 11) is 0. The van der Waals surface area contributed by atoms with E-state index in [0.29, 0.717) is 5.56 Å². The summed E-state index contributed by atoms with van der Waals surface area (Å²) in [5.74, 6) is -3.51. The molecular weight excluding hydrogens is 227 g/mol. The Labute approximate surface area is 98.0 Å². The smallest absolute Gasteiger partial charge is 0.350 e. The van der Waals surface area contributed by atoms with Gasteiger partial charge < -0.3 is 14.6 Å². The van der Waals surface area contributed by atoms with Gasteiger partial charge in [0.05, 0.1) is 12.6 Å². The Bertz CT molecular complexity index is 404. The number of carbonyl (C=O) groups is 2. The van der Waals surface area contributed by atoms with E-state index in [1.807, 2.05) is 0 Å². The molecule has 1 unspecified atom stereocenters. The Balaban J connectivity index is 2.93. The van der Waals surface area contributed by atoms with Crippen LogP contribution in [0.2, 0.25) is 0 Å². The van der Waals surface area contributed by atoms with E-state index in [4.69, 9.17) is 0 Å². The van der Waals surface area contributed by atoms with Gasteiger partial charge in [0.1, 0.15) is 0 Å². The zero-order valence-corrected chi connectivity index (χ0v) is 9.31. The minimum atomic E-state index is -3.14. The summed E-state index contributed by atoms with van der Waals surface area (Å²) in [6, 6.07) is 7.99. The minimum Gasteiger partial charge on any atom is -0.546 e. The Morgan fingerprint density at radius 2 is 1.94 bits per heavy atom. The van der Waals surface area contributed by atoms with Crippen molar-refractivity contribution in [1.82, 2.24) is 0 Å². The highest BCUT2D eigenvalue weighted by molar-refractivity contribution is 6.02. The highest BCUT2D eigenvalue weighted by atomic mass is 19.1. The maximum absolute atomic E-state index is 14.0. The molecule has 0 amide bonds. The predicted octanol–water partition coefficient (Wildman–Crippen LogP) is 0.250. The van der Waals surface area contributed by atoms with Crippen molar-refractivity contribution in [2.45, 2.75) is 19.0 Å². The van der Waals surface area contributed by atoms with E-state index in [1.54, 1.807) is 18.2 Å². The van der Waals surface area contributed by atoms with Crippen LogP contribution < -0.4 is 5.11 Å². The topological polar surface area (TPSA) is 66.4 Å². The van der Waals surface area contributed by atoms with Crippen LogP contribution in [-0.4, -0.2) is 24.2 Å². The molecule has 0 radical (unpaired) electrons. The lowest BCUT2D eigenvalue weighted by Crippen LogP contribution is -2.53. The lowest BCUT2D eigenvalue weighted by Gasteiger charge is -2.24. The molecule has 1 aromatic carbocycles. The van der Waals surface area contributed by atoms with Gasteiger partial charge in [-0.05, 0) is 12.5 Å². The highest BCUT2D eigenvalue weighted by Crippen LogP contribution is 2.19. The van der Waals surface area contributed by atoms with E-state index in [-0.39, 0.29) is 6.61 Å². The SMILES string of the molecule is CCOC(=O)C(F)(Cc1ccccc1)C(=O)[O-]. The van der Waals surface area contributed by atoms with Gasteiger partial charge in [0.25, 0.3) is 0 Å². The minimum absolute atomic E-state index is 0.0907. The van der Waals surface area contributed by atoms with Crippen LogP contribution in [0.25, 0.3) is 0 Å². The molecule has 0 aliphatic rings. The summed E-state index contributed by atoms with van der Waals surface area (Å²) in [5.41, 5.74) is -2.76. The molecule has 0 saturated heterocycles. The normalized spacial score (nSPS) is 13.8. The van der Waals surface area contributed by atoms with Crippen LogP contribution in [-0.2, 0) is 20.7 Å². The van der Waals surface area contributed by atoms with Crippen molar-refractivity contribution < 1.29 is 23.8 Å². The van der Waals surface area contributed by atoms with E-state index in [0.717, 1.165) is 0 Å². The molecule has 17 heavy (non-hydrogen) atoms. The summed E-state index contributed by atoms with van der Waals surface area (Å²) in [5, 5.41) is 10.8.